The summed E-state index contributed by atoms with van der Waals surface area (Å²) in [5, 5.41) is 6.73. The molecule has 0 fully saturated rings. The van der Waals surface area contributed by atoms with Crippen molar-refractivity contribution in [3.8, 4) is 0 Å². The van der Waals surface area contributed by atoms with Crippen molar-refractivity contribution in [2.75, 3.05) is 19.6 Å². The predicted molar refractivity (Wildman–Crippen MR) is 176 cm³/mol. The van der Waals surface area contributed by atoms with Crippen molar-refractivity contribution in [2.45, 2.75) is 12.5 Å². The summed E-state index contributed by atoms with van der Waals surface area (Å²) in [6, 6.07) is 39.3. The Bertz CT molecular complexity index is 1880. The van der Waals surface area contributed by atoms with Crippen LogP contribution < -0.4 is 32.5 Å². The molecule has 0 unspecified atom stereocenters. The molecule has 1 aromatic heterocycles. The average Bonchev–Trinajstić information content (AvgIpc) is 3.07. The van der Waals surface area contributed by atoms with Crippen LogP contribution in [0.25, 0.3) is 12.2 Å². The summed E-state index contributed by atoms with van der Waals surface area (Å²) in [6.45, 7) is 1.34. The van der Waals surface area contributed by atoms with Gasteiger partial charge >= 0.3 is 0 Å². The van der Waals surface area contributed by atoms with Gasteiger partial charge in [0, 0.05) is 32.6 Å². The quantitative estimate of drug-likeness (QED) is 0.234. The SMILES string of the molecule is Cn1c(=O)/c(=C/c2ccccc2)n(CC(=O)NCCNCC(c2ccccc2)c2ccccc2)c(=O)/c1=C/c1ccccc1. The fourth-order valence-corrected chi connectivity index (χ4v) is 5.19. The summed E-state index contributed by atoms with van der Waals surface area (Å²) >= 11 is 0. The molecular weight excluding hydrogens is 548 g/mol. The number of nitrogens with zero attached hydrogens (tertiary/aromatic N) is 2. The van der Waals surface area contributed by atoms with Crippen molar-refractivity contribution in [3.63, 3.8) is 0 Å². The highest BCUT2D eigenvalue weighted by molar-refractivity contribution is 5.75. The molecule has 0 saturated carbocycles. The van der Waals surface area contributed by atoms with E-state index < -0.39 is 5.56 Å². The van der Waals surface area contributed by atoms with Crippen LogP contribution in [0.4, 0.5) is 0 Å². The lowest BCUT2D eigenvalue weighted by molar-refractivity contribution is -0.121. The summed E-state index contributed by atoms with van der Waals surface area (Å²) in [7, 11) is 1.58. The van der Waals surface area contributed by atoms with Crippen molar-refractivity contribution < 1.29 is 4.79 Å². The molecule has 4 aromatic carbocycles. The van der Waals surface area contributed by atoms with Gasteiger partial charge in [0.1, 0.15) is 17.2 Å². The third-order valence-electron chi connectivity index (χ3n) is 7.52. The highest BCUT2D eigenvalue weighted by Gasteiger charge is 2.14. The smallest absolute Gasteiger partial charge is 0.275 e. The number of hydrogen-bond acceptors (Lipinski definition) is 4. The number of amides is 1. The third-order valence-corrected chi connectivity index (χ3v) is 7.52. The number of rotatable bonds is 11. The van der Waals surface area contributed by atoms with Crippen molar-refractivity contribution in [1.29, 1.82) is 0 Å². The van der Waals surface area contributed by atoms with E-state index in [0.717, 1.165) is 11.1 Å². The highest BCUT2D eigenvalue weighted by Crippen LogP contribution is 2.23. The average molecular weight is 585 g/mol. The van der Waals surface area contributed by atoms with E-state index >= 15 is 0 Å². The van der Waals surface area contributed by atoms with E-state index in [1.165, 1.54) is 20.3 Å². The van der Waals surface area contributed by atoms with Crippen LogP contribution in [0.3, 0.4) is 0 Å². The molecule has 1 amide bonds. The summed E-state index contributed by atoms with van der Waals surface area (Å²) in [6.07, 6.45) is 3.32. The minimum atomic E-state index is -0.417. The van der Waals surface area contributed by atoms with Crippen LogP contribution >= 0.6 is 0 Å². The number of carbonyl (C=O) groups is 1. The van der Waals surface area contributed by atoms with Gasteiger partial charge in [-0.2, -0.15) is 0 Å². The van der Waals surface area contributed by atoms with E-state index in [1.54, 1.807) is 19.2 Å². The lowest BCUT2D eigenvalue weighted by Crippen LogP contribution is -2.58. The summed E-state index contributed by atoms with van der Waals surface area (Å²) in [5.41, 5.74) is 3.19. The Morgan fingerprint density at radius 2 is 1.14 bits per heavy atom. The molecule has 0 radical (unpaired) electrons. The molecule has 0 atom stereocenters. The molecule has 5 aromatic rings. The second kappa shape index (κ2) is 14.8. The van der Waals surface area contributed by atoms with E-state index in [0.29, 0.717) is 19.6 Å². The van der Waals surface area contributed by atoms with Crippen molar-refractivity contribution in [3.05, 3.63) is 175 Å². The van der Waals surface area contributed by atoms with Crippen LogP contribution in [0.5, 0.6) is 0 Å². The number of nitrogens with one attached hydrogen (secondary N) is 2. The predicted octanol–water partition coefficient (Wildman–Crippen LogP) is 2.74. The Morgan fingerprint density at radius 3 is 1.66 bits per heavy atom. The van der Waals surface area contributed by atoms with Crippen LogP contribution in [0, 0.1) is 0 Å². The summed E-state index contributed by atoms with van der Waals surface area (Å²) in [5.74, 6) is -0.180. The first kappa shape index (κ1) is 30.2. The first-order valence-corrected chi connectivity index (χ1v) is 14.7. The Hall–Kier alpha value is -5.27. The summed E-state index contributed by atoms with van der Waals surface area (Å²) in [4.78, 5) is 40.5. The van der Waals surface area contributed by atoms with E-state index in [4.69, 9.17) is 0 Å². The monoisotopic (exact) mass is 584 g/mol. The number of aromatic nitrogens is 2. The number of carbonyl (C=O) groups excluding carboxylic acids is 1. The van der Waals surface area contributed by atoms with Gasteiger partial charge in [-0.3, -0.25) is 19.0 Å². The van der Waals surface area contributed by atoms with Gasteiger partial charge in [-0.25, -0.2) is 0 Å². The van der Waals surface area contributed by atoms with Gasteiger partial charge in [0.2, 0.25) is 5.91 Å². The number of benzene rings is 4. The second-order valence-electron chi connectivity index (χ2n) is 10.6. The Labute approximate surface area is 256 Å². The molecule has 2 N–H and O–H groups in total. The minimum Gasteiger partial charge on any atom is -0.353 e. The van der Waals surface area contributed by atoms with Crippen LogP contribution in [0.2, 0.25) is 0 Å². The zero-order valence-corrected chi connectivity index (χ0v) is 24.7. The van der Waals surface area contributed by atoms with Crippen molar-refractivity contribution in [2.24, 2.45) is 7.05 Å². The van der Waals surface area contributed by atoms with Gasteiger partial charge < -0.3 is 15.2 Å². The van der Waals surface area contributed by atoms with E-state index in [2.05, 4.69) is 34.9 Å². The molecule has 0 aliphatic rings. The Balaban J connectivity index is 1.34. The molecule has 1 heterocycles. The van der Waals surface area contributed by atoms with Gasteiger partial charge in [-0.05, 0) is 34.4 Å². The molecular formula is C37H36N4O3. The fraction of sp³-hybridized carbons (Fsp3) is 0.162. The maximum atomic E-state index is 13.8. The maximum Gasteiger partial charge on any atom is 0.275 e. The summed E-state index contributed by atoms with van der Waals surface area (Å²) < 4.78 is 2.62. The van der Waals surface area contributed by atoms with Crippen LogP contribution in [0.15, 0.2) is 131 Å². The first-order chi connectivity index (χ1) is 21.5. The Kier molecular flexibility index (Phi) is 10.1. The standard InChI is InChI=1S/C37H36N4O3/c1-40-33(24-28-14-6-2-7-15-28)37(44)41(34(36(40)43)25-29-16-8-3-9-17-29)27-35(42)39-23-22-38-26-32(30-18-10-4-11-19-30)31-20-12-5-13-21-31/h2-21,24-25,32,38H,22-23,26-27H2,1H3,(H,39,42)/b33-24-,34-25-. The van der Waals surface area contributed by atoms with E-state index in [9.17, 15) is 14.4 Å². The van der Waals surface area contributed by atoms with Gasteiger partial charge in [0.15, 0.2) is 0 Å². The first-order valence-electron chi connectivity index (χ1n) is 14.7. The van der Waals surface area contributed by atoms with Gasteiger partial charge in [-0.15, -0.1) is 0 Å². The molecule has 0 aliphatic heterocycles. The normalized spacial score (nSPS) is 12.0. The number of hydrogen-bond donors (Lipinski definition) is 2. The lowest BCUT2D eigenvalue weighted by Gasteiger charge is -2.19. The van der Waals surface area contributed by atoms with Gasteiger partial charge in [0.25, 0.3) is 11.1 Å². The molecule has 0 bridgehead atoms. The molecule has 44 heavy (non-hydrogen) atoms. The molecule has 222 valence electrons. The maximum absolute atomic E-state index is 13.8. The fourth-order valence-electron chi connectivity index (χ4n) is 5.19. The third kappa shape index (κ3) is 7.56. The van der Waals surface area contributed by atoms with E-state index in [-0.39, 0.29) is 34.6 Å². The van der Waals surface area contributed by atoms with E-state index in [1.807, 2.05) is 97.1 Å². The second-order valence-corrected chi connectivity index (χ2v) is 10.6. The zero-order chi connectivity index (χ0) is 30.7. The molecule has 7 nitrogen and oxygen atoms in total. The van der Waals surface area contributed by atoms with Crippen molar-refractivity contribution >= 4 is 18.1 Å². The highest BCUT2D eigenvalue weighted by atomic mass is 16.2. The van der Waals surface area contributed by atoms with Crippen LogP contribution in [0.1, 0.15) is 28.2 Å². The van der Waals surface area contributed by atoms with Gasteiger partial charge in [0.05, 0.1) is 0 Å². The van der Waals surface area contributed by atoms with Crippen LogP contribution in [-0.2, 0) is 18.4 Å². The Morgan fingerprint density at radius 1 is 0.659 bits per heavy atom. The molecule has 0 aliphatic carbocycles. The minimum absolute atomic E-state index is 0.149. The lowest BCUT2D eigenvalue weighted by atomic mass is 9.91. The zero-order valence-electron chi connectivity index (χ0n) is 24.7. The van der Waals surface area contributed by atoms with Gasteiger partial charge in [-0.1, -0.05) is 121 Å². The van der Waals surface area contributed by atoms with Crippen LogP contribution in [-0.4, -0.2) is 34.7 Å². The molecule has 7 heteroatoms. The van der Waals surface area contributed by atoms with Crippen molar-refractivity contribution in [1.82, 2.24) is 19.8 Å². The topological polar surface area (TPSA) is 85.1 Å². The molecule has 0 saturated heterocycles. The molecule has 5 rings (SSSR count). The molecule has 0 spiro atoms. The largest absolute Gasteiger partial charge is 0.353 e.